The van der Waals surface area contributed by atoms with E-state index in [-0.39, 0.29) is 0 Å². The number of amides is 1. The van der Waals surface area contributed by atoms with Crippen molar-refractivity contribution < 1.29 is 36.1 Å². The lowest BCUT2D eigenvalue weighted by Crippen LogP contribution is -2.55. The number of hydrogen-bond acceptors (Lipinski definition) is 8. The molecule has 0 aliphatic heterocycles. The number of nitrogens with zero attached hydrogens (tertiary/aromatic N) is 1. The highest BCUT2D eigenvalue weighted by atomic mass is 28.4. The van der Waals surface area contributed by atoms with Gasteiger partial charge in [-0.25, -0.2) is 9.69 Å². The van der Waals surface area contributed by atoms with E-state index in [1.165, 1.54) is 47.6 Å². The molecule has 0 heterocycles. The Bertz CT molecular complexity index is 878. The van der Waals surface area contributed by atoms with Crippen molar-refractivity contribution >= 4 is 45.5 Å². The summed E-state index contributed by atoms with van der Waals surface area (Å²) >= 11 is 0. The van der Waals surface area contributed by atoms with E-state index in [1.54, 1.807) is 24.3 Å². The largest absolute Gasteiger partial charge is 0.536 e. The zero-order chi connectivity index (χ0) is 25.6. The molecule has 0 aromatic heterocycles. The quantitative estimate of drug-likeness (QED) is 0.452. The molecule has 11 heteroatoms. The zero-order valence-electron chi connectivity index (χ0n) is 21.3. The first-order valence-electron chi connectivity index (χ1n) is 10.6. The van der Waals surface area contributed by atoms with Crippen LogP contribution in [0.3, 0.4) is 0 Å². The van der Waals surface area contributed by atoms with Crippen LogP contribution in [0.2, 0.25) is 0 Å². The second-order valence-electron chi connectivity index (χ2n) is 8.25. The van der Waals surface area contributed by atoms with Crippen molar-refractivity contribution in [3.05, 3.63) is 48.5 Å². The monoisotopic (exact) mass is 509 g/mol. The number of rotatable bonds is 10. The van der Waals surface area contributed by atoms with Crippen LogP contribution in [0.5, 0.6) is 0 Å². The summed E-state index contributed by atoms with van der Waals surface area (Å²) < 4.78 is 39.5. The van der Waals surface area contributed by atoms with Crippen molar-refractivity contribution in [2.75, 3.05) is 47.6 Å². The van der Waals surface area contributed by atoms with Crippen LogP contribution in [0, 0.1) is 0 Å². The van der Waals surface area contributed by atoms with Gasteiger partial charge < -0.3 is 31.3 Å². The first-order chi connectivity index (χ1) is 16.0. The molecule has 188 valence electrons. The summed E-state index contributed by atoms with van der Waals surface area (Å²) in [6.07, 6.45) is -0.555. The molecule has 0 bridgehead atoms. The SMILES string of the molecule is CO[Si](OC)(OC)c1cccc(N(C(=O)OC(C)(C)C)c2cccc([Si](OC)(OC)OC)c2)c1. The summed E-state index contributed by atoms with van der Waals surface area (Å²) in [6.45, 7) is 5.44. The molecule has 1 amide bonds. The Balaban J connectivity index is 2.70. The second-order valence-corrected chi connectivity index (χ2v) is 14.1. The van der Waals surface area contributed by atoms with E-state index in [0.717, 1.165) is 0 Å². The highest BCUT2D eigenvalue weighted by molar-refractivity contribution is 6.75. The van der Waals surface area contributed by atoms with Crippen molar-refractivity contribution in [3.8, 4) is 0 Å². The van der Waals surface area contributed by atoms with Gasteiger partial charge in [-0.15, -0.1) is 0 Å². The average Bonchev–Trinajstić information content (AvgIpc) is 2.82. The van der Waals surface area contributed by atoms with Crippen LogP contribution in [0.1, 0.15) is 20.8 Å². The molecule has 0 atom stereocenters. The third-order valence-corrected chi connectivity index (χ3v) is 10.4. The highest BCUT2D eigenvalue weighted by Gasteiger charge is 2.43. The minimum absolute atomic E-state index is 0.548. The maximum absolute atomic E-state index is 13.4. The number of carbonyl (C=O) groups is 1. The number of ether oxygens (including phenoxy) is 1. The van der Waals surface area contributed by atoms with Crippen LogP contribution in [0.15, 0.2) is 48.5 Å². The molecule has 2 rings (SSSR count). The molecule has 0 spiro atoms. The van der Waals surface area contributed by atoms with Crippen molar-refractivity contribution in [2.24, 2.45) is 0 Å². The predicted molar refractivity (Wildman–Crippen MR) is 134 cm³/mol. The van der Waals surface area contributed by atoms with Crippen LogP contribution in [-0.2, 0) is 31.3 Å². The smallest absolute Gasteiger partial charge is 0.443 e. The molecule has 0 radical (unpaired) electrons. The average molecular weight is 510 g/mol. The fraction of sp³-hybridized carbons (Fsp3) is 0.435. The molecule has 0 saturated carbocycles. The minimum atomic E-state index is -3.14. The molecule has 0 aliphatic rings. The zero-order valence-corrected chi connectivity index (χ0v) is 23.3. The van der Waals surface area contributed by atoms with Gasteiger partial charge in [0.25, 0.3) is 0 Å². The van der Waals surface area contributed by atoms with E-state index in [9.17, 15) is 4.79 Å². The topological polar surface area (TPSA) is 84.9 Å². The first kappa shape index (κ1) is 28.1. The lowest BCUT2D eigenvalue weighted by atomic mass is 10.2. The third-order valence-electron chi connectivity index (χ3n) is 5.10. The van der Waals surface area contributed by atoms with E-state index in [1.807, 2.05) is 45.0 Å². The fourth-order valence-corrected chi connectivity index (χ4v) is 7.21. The lowest BCUT2D eigenvalue weighted by Gasteiger charge is -2.30. The van der Waals surface area contributed by atoms with Gasteiger partial charge in [0.15, 0.2) is 0 Å². The van der Waals surface area contributed by atoms with Gasteiger partial charge in [0.1, 0.15) is 5.60 Å². The molecule has 0 aliphatic carbocycles. The Morgan fingerprint density at radius 1 is 0.676 bits per heavy atom. The maximum Gasteiger partial charge on any atom is 0.536 e. The number of anilines is 2. The molecule has 0 unspecified atom stereocenters. The summed E-state index contributed by atoms with van der Waals surface area (Å²) in [4.78, 5) is 14.9. The molecule has 2 aromatic rings. The van der Waals surface area contributed by atoms with E-state index in [0.29, 0.717) is 21.7 Å². The van der Waals surface area contributed by atoms with Crippen molar-refractivity contribution in [1.82, 2.24) is 0 Å². The van der Waals surface area contributed by atoms with E-state index >= 15 is 0 Å². The van der Waals surface area contributed by atoms with Gasteiger partial charge in [-0.2, -0.15) is 0 Å². The Morgan fingerprint density at radius 2 is 1.03 bits per heavy atom. The summed E-state index contributed by atoms with van der Waals surface area (Å²) in [5, 5.41) is 1.38. The van der Waals surface area contributed by atoms with Gasteiger partial charge in [-0.1, -0.05) is 24.3 Å². The van der Waals surface area contributed by atoms with E-state index in [4.69, 9.17) is 31.3 Å². The van der Waals surface area contributed by atoms with Crippen LogP contribution >= 0.6 is 0 Å². The third kappa shape index (κ3) is 5.93. The summed E-state index contributed by atoms with van der Waals surface area (Å²) in [6, 6.07) is 14.5. The Morgan fingerprint density at radius 3 is 1.32 bits per heavy atom. The fourth-order valence-electron chi connectivity index (χ4n) is 3.55. The van der Waals surface area contributed by atoms with Gasteiger partial charge >= 0.3 is 23.7 Å². The van der Waals surface area contributed by atoms with Gasteiger partial charge in [0, 0.05) is 53.0 Å². The number of carbonyl (C=O) groups excluding carboxylic acids is 1. The minimum Gasteiger partial charge on any atom is -0.443 e. The van der Waals surface area contributed by atoms with Gasteiger partial charge in [-0.05, 0) is 45.0 Å². The van der Waals surface area contributed by atoms with Crippen LogP contribution in [0.25, 0.3) is 0 Å². The first-order valence-corrected chi connectivity index (χ1v) is 14.0. The lowest BCUT2D eigenvalue weighted by molar-refractivity contribution is 0.0599. The van der Waals surface area contributed by atoms with Crippen LogP contribution in [0.4, 0.5) is 16.2 Å². The van der Waals surface area contributed by atoms with E-state index < -0.39 is 29.3 Å². The van der Waals surface area contributed by atoms with Crippen LogP contribution in [-0.4, -0.2) is 72.0 Å². The molecule has 0 saturated heterocycles. The van der Waals surface area contributed by atoms with Crippen molar-refractivity contribution in [1.29, 1.82) is 0 Å². The standard InChI is InChI=1S/C23H35NO8Si2/c1-23(2,3)32-22(25)24(18-12-10-14-20(16-18)33(26-4,27-5)28-6)19-13-11-15-21(17-19)34(29-7,30-8)31-9/h10-17H,1-9H3. The normalized spacial score (nSPS) is 12.5. The Kier molecular flexibility index (Phi) is 9.56. The summed E-state index contributed by atoms with van der Waals surface area (Å²) in [7, 11) is 2.91. The van der Waals surface area contributed by atoms with E-state index in [2.05, 4.69) is 0 Å². The van der Waals surface area contributed by atoms with Gasteiger partial charge in [0.05, 0.1) is 11.4 Å². The Labute approximate surface area is 204 Å². The molecular weight excluding hydrogens is 474 g/mol. The molecule has 0 fully saturated rings. The second kappa shape index (κ2) is 11.6. The Hall–Kier alpha value is -2.10. The van der Waals surface area contributed by atoms with Crippen molar-refractivity contribution in [2.45, 2.75) is 26.4 Å². The predicted octanol–water partition coefficient (Wildman–Crippen LogP) is 2.93. The number of benzene rings is 2. The van der Waals surface area contributed by atoms with Gasteiger partial charge in [-0.3, -0.25) is 0 Å². The summed E-state index contributed by atoms with van der Waals surface area (Å²) in [5.74, 6) is 0. The maximum atomic E-state index is 13.4. The van der Waals surface area contributed by atoms with Crippen LogP contribution < -0.4 is 15.3 Å². The summed E-state index contributed by atoms with van der Waals surface area (Å²) in [5.41, 5.74) is 0.386. The number of hydrogen-bond donors (Lipinski definition) is 0. The highest BCUT2D eigenvalue weighted by Crippen LogP contribution is 2.28. The molecule has 0 N–H and O–H groups in total. The molecule has 9 nitrogen and oxygen atoms in total. The molecule has 2 aromatic carbocycles. The van der Waals surface area contributed by atoms with Crippen molar-refractivity contribution in [3.63, 3.8) is 0 Å². The molecule has 34 heavy (non-hydrogen) atoms. The molecular formula is C23H35NO8Si2. The van der Waals surface area contributed by atoms with Gasteiger partial charge in [0.2, 0.25) is 0 Å².